The maximum absolute atomic E-state index is 12.2. The maximum atomic E-state index is 12.2. The van der Waals surface area contributed by atoms with Gasteiger partial charge in [0.05, 0.1) is 6.04 Å². The lowest BCUT2D eigenvalue weighted by atomic mass is 10.0. The molecule has 0 unspecified atom stereocenters. The molecule has 0 radical (unpaired) electrons. The van der Waals surface area contributed by atoms with E-state index in [9.17, 15) is 27.9 Å². The molecule has 1 saturated heterocycles. The third-order valence-corrected chi connectivity index (χ3v) is 3.77. The van der Waals surface area contributed by atoms with Crippen LogP contribution in [-0.4, -0.2) is 62.9 Å². The van der Waals surface area contributed by atoms with Crippen molar-refractivity contribution < 1.29 is 42.9 Å². The van der Waals surface area contributed by atoms with E-state index in [0.717, 1.165) is 5.56 Å². The molecule has 0 spiro atoms. The van der Waals surface area contributed by atoms with Crippen molar-refractivity contribution in [1.29, 1.82) is 0 Å². The lowest BCUT2D eigenvalue weighted by molar-refractivity contribution is -0.192. The predicted octanol–water partition coefficient (Wildman–Crippen LogP) is 0.971. The molecular formula is C16H19F3N2O6. The number of rotatable bonds is 4. The van der Waals surface area contributed by atoms with Crippen LogP contribution in [0.5, 0.6) is 5.75 Å². The second-order valence-corrected chi connectivity index (χ2v) is 5.81. The smallest absolute Gasteiger partial charge is 0.490 e. The van der Waals surface area contributed by atoms with Gasteiger partial charge in [-0.05, 0) is 37.0 Å². The van der Waals surface area contributed by atoms with Gasteiger partial charge in [0.15, 0.2) is 0 Å². The third-order valence-electron chi connectivity index (χ3n) is 3.77. The zero-order valence-corrected chi connectivity index (χ0v) is 14.0. The van der Waals surface area contributed by atoms with Crippen LogP contribution < -0.4 is 5.73 Å². The number of hydrogen-bond acceptors (Lipinski definition) is 5. The number of benzene rings is 1. The van der Waals surface area contributed by atoms with Gasteiger partial charge < -0.3 is 26.0 Å². The SMILES string of the molecule is N[C@@H](Cc1ccc(O)cc1)C(=O)N1CCC[C@H]1C(=O)O.O=C(O)C(F)(F)F. The van der Waals surface area contributed by atoms with E-state index >= 15 is 0 Å². The number of aliphatic carboxylic acids is 2. The first-order valence-electron chi connectivity index (χ1n) is 7.80. The van der Waals surface area contributed by atoms with Crippen molar-refractivity contribution in [2.24, 2.45) is 5.73 Å². The summed E-state index contributed by atoms with van der Waals surface area (Å²) < 4.78 is 31.7. The molecular weight excluding hydrogens is 373 g/mol. The summed E-state index contributed by atoms with van der Waals surface area (Å²) in [7, 11) is 0. The molecule has 1 amide bonds. The van der Waals surface area contributed by atoms with E-state index in [1.165, 1.54) is 17.0 Å². The van der Waals surface area contributed by atoms with Crippen LogP contribution in [0.15, 0.2) is 24.3 Å². The molecule has 0 saturated carbocycles. The summed E-state index contributed by atoms with van der Waals surface area (Å²) in [6.45, 7) is 0.444. The highest BCUT2D eigenvalue weighted by Gasteiger charge is 2.38. The van der Waals surface area contributed by atoms with Gasteiger partial charge in [0, 0.05) is 6.54 Å². The molecule has 1 aromatic carbocycles. The Morgan fingerprint density at radius 1 is 1.19 bits per heavy atom. The molecule has 1 aliphatic heterocycles. The fourth-order valence-electron chi connectivity index (χ4n) is 2.47. The Morgan fingerprint density at radius 3 is 2.15 bits per heavy atom. The summed E-state index contributed by atoms with van der Waals surface area (Å²) in [4.78, 5) is 33.5. The van der Waals surface area contributed by atoms with Crippen LogP contribution in [-0.2, 0) is 20.8 Å². The number of phenols is 1. The van der Waals surface area contributed by atoms with Crippen LogP contribution in [0, 0.1) is 0 Å². The molecule has 0 aromatic heterocycles. The van der Waals surface area contributed by atoms with Gasteiger partial charge in [-0.25, -0.2) is 9.59 Å². The van der Waals surface area contributed by atoms with E-state index in [-0.39, 0.29) is 11.7 Å². The first kappa shape index (κ1) is 22.2. The number of amides is 1. The number of halogens is 3. The van der Waals surface area contributed by atoms with E-state index in [2.05, 4.69) is 0 Å². The van der Waals surface area contributed by atoms with E-state index in [4.69, 9.17) is 20.7 Å². The Kier molecular flexibility index (Phi) is 7.58. The Labute approximate surface area is 152 Å². The summed E-state index contributed by atoms with van der Waals surface area (Å²) in [5, 5.41) is 25.4. The normalized spacial score (nSPS) is 17.6. The molecule has 1 heterocycles. The Hall–Kier alpha value is -2.82. The van der Waals surface area contributed by atoms with Crippen molar-refractivity contribution in [3.63, 3.8) is 0 Å². The number of hydrogen-bond donors (Lipinski definition) is 4. The first-order valence-corrected chi connectivity index (χ1v) is 7.80. The fraction of sp³-hybridized carbons (Fsp3) is 0.438. The number of aromatic hydroxyl groups is 1. The standard InChI is InChI=1S/C14H18N2O4.C2HF3O2/c15-11(8-9-3-5-10(17)6-4-9)13(18)16-7-1-2-12(16)14(19)20;3-2(4,5)1(6)7/h3-6,11-12,17H,1-2,7-8,15H2,(H,19,20);(H,6,7)/t11-,12-;/m0./s1. The summed E-state index contributed by atoms with van der Waals surface area (Å²) in [5.41, 5.74) is 6.71. The minimum atomic E-state index is -5.08. The van der Waals surface area contributed by atoms with Crippen LogP contribution in [0.25, 0.3) is 0 Å². The second-order valence-electron chi connectivity index (χ2n) is 5.81. The molecule has 1 aliphatic rings. The van der Waals surface area contributed by atoms with Gasteiger partial charge >= 0.3 is 18.1 Å². The largest absolute Gasteiger partial charge is 0.508 e. The van der Waals surface area contributed by atoms with Gasteiger partial charge in [0.25, 0.3) is 0 Å². The van der Waals surface area contributed by atoms with Crippen LogP contribution in [0.1, 0.15) is 18.4 Å². The monoisotopic (exact) mass is 392 g/mol. The van der Waals surface area contributed by atoms with Gasteiger partial charge in [-0.1, -0.05) is 12.1 Å². The third kappa shape index (κ3) is 6.77. The van der Waals surface area contributed by atoms with Crippen LogP contribution in [0.2, 0.25) is 0 Å². The van der Waals surface area contributed by atoms with Gasteiger partial charge in [-0.2, -0.15) is 13.2 Å². The number of alkyl halides is 3. The van der Waals surface area contributed by atoms with Crippen molar-refractivity contribution in [2.45, 2.75) is 37.5 Å². The number of carbonyl (C=O) groups is 3. The predicted molar refractivity (Wildman–Crippen MR) is 85.8 cm³/mol. The van der Waals surface area contributed by atoms with Crippen molar-refractivity contribution in [1.82, 2.24) is 4.90 Å². The molecule has 1 fully saturated rings. The average molecular weight is 392 g/mol. The second kappa shape index (κ2) is 9.21. The van der Waals surface area contributed by atoms with Gasteiger partial charge in [0.1, 0.15) is 11.8 Å². The number of carboxylic acid groups (broad SMARTS) is 2. The van der Waals surface area contributed by atoms with Crippen molar-refractivity contribution in [3.05, 3.63) is 29.8 Å². The molecule has 150 valence electrons. The number of nitrogens with zero attached hydrogens (tertiary/aromatic N) is 1. The highest BCUT2D eigenvalue weighted by atomic mass is 19.4. The Balaban J connectivity index is 0.000000445. The molecule has 27 heavy (non-hydrogen) atoms. The summed E-state index contributed by atoms with van der Waals surface area (Å²) in [6, 6.07) is 4.93. The van der Waals surface area contributed by atoms with E-state index in [0.29, 0.717) is 25.8 Å². The average Bonchev–Trinajstić information content (AvgIpc) is 3.05. The molecule has 8 nitrogen and oxygen atoms in total. The van der Waals surface area contributed by atoms with Crippen LogP contribution in [0.4, 0.5) is 13.2 Å². The molecule has 1 aromatic rings. The van der Waals surface area contributed by atoms with Crippen LogP contribution >= 0.6 is 0 Å². The van der Waals surface area contributed by atoms with E-state index < -0.39 is 30.2 Å². The number of likely N-dealkylation sites (tertiary alicyclic amines) is 1. The highest BCUT2D eigenvalue weighted by molar-refractivity contribution is 5.87. The summed E-state index contributed by atoms with van der Waals surface area (Å²) in [5.74, 6) is -3.91. The quantitative estimate of drug-likeness (QED) is 0.598. The molecule has 2 rings (SSSR count). The lowest BCUT2D eigenvalue weighted by Gasteiger charge is -2.24. The van der Waals surface area contributed by atoms with Crippen molar-refractivity contribution in [3.8, 4) is 5.75 Å². The number of phenolic OH excluding ortho intramolecular Hbond substituents is 1. The molecule has 11 heteroatoms. The highest BCUT2D eigenvalue weighted by Crippen LogP contribution is 2.19. The summed E-state index contributed by atoms with van der Waals surface area (Å²) in [6.07, 6.45) is -3.59. The van der Waals surface area contributed by atoms with Gasteiger partial charge in [-0.15, -0.1) is 0 Å². The lowest BCUT2D eigenvalue weighted by Crippen LogP contribution is -2.49. The minimum absolute atomic E-state index is 0.152. The first-order chi connectivity index (χ1) is 12.4. The molecule has 0 aliphatic carbocycles. The van der Waals surface area contributed by atoms with Crippen LogP contribution in [0.3, 0.4) is 0 Å². The van der Waals surface area contributed by atoms with Gasteiger partial charge in [-0.3, -0.25) is 4.79 Å². The Morgan fingerprint density at radius 2 is 1.70 bits per heavy atom. The van der Waals surface area contributed by atoms with Crippen molar-refractivity contribution >= 4 is 17.8 Å². The zero-order valence-electron chi connectivity index (χ0n) is 14.0. The molecule has 5 N–H and O–H groups in total. The van der Waals surface area contributed by atoms with E-state index in [1.54, 1.807) is 12.1 Å². The van der Waals surface area contributed by atoms with Gasteiger partial charge in [0.2, 0.25) is 5.91 Å². The number of nitrogens with two attached hydrogens (primary N) is 1. The zero-order chi connectivity index (χ0) is 20.8. The molecule has 2 atom stereocenters. The number of carboxylic acids is 2. The minimum Gasteiger partial charge on any atom is -0.508 e. The topological polar surface area (TPSA) is 141 Å². The molecule has 0 bridgehead atoms. The Bertz CT molecular complexity index is 678. The summed E-state index contributed by atoms with van der Waals surface area (Å²) >= 11 is 0. The fourth-order valence-corrected chi connectivity index (χ4v) is 2.47. The maximum Gasteiger partial charge on any atom is 0.490 e. The van der Waals surface area contributed by atoms with E-state index in [1.807, 2.05) is 0 Å². The number of carbonyl (C=O) groups excluding carboxylic acids is 1. The van der Waals surface area contributed by atoms with Crippen molar-refractivity contribution in [2.75, 3.05) is 6.54 Å².